The van der Waals surface area contributed by atoms with Gasteiger partial charge in [0.15, 0.2) is 0 Å². The minimum Gasteiger partial charge on any atom is -0.340 e. The maximum absolute atomic E-state index is 10.6. The van der Waals surface area contributed by atoms with Crippen LogP contribution in [0.1, 0.15) is 39.5 Å². The van der Waals surface area contributed by atoms with Gasteiger partial charge in [0.25, 0.3) is 0 Å². The molecule has 4 unspecified atom stereocenters. The molecule has 1 saturated heterocycles. The third-order valence-electron chi connectivity index (χ3n) is 3.35. The van der Waals surface area contributed by atoms with Crippen LogP contribution in [-0.2, 0) is 4.79 Å². The minimum absolute atomic E-state index is 0.104. The van der Waals surface area contributed by atoms with E-state index in [1.807, 2.05) is 0 Å². The summed E-state index contributed by atoms with van der Waals surface area (Å²) in [6.45, 7) is 8.55. The summed E-state index contributed by atoms with van der Waals surface area (Å²) >= 11 is 0. The van der Waals surface area contributed by atoms with Crippen LogP contribution in [0.2, 0.25) is 0 Å². The predicted molar refractivity (Wildman–Crippen MR) is 58.9 cm³/mol. The summed E-state index contributed by atoms with van der Waals surface area (Å²) in [5.74, 6) is 1.20. The first-order chi connectivity index (χ1) is 6.67. The summed E-state index contributed by atoms with van der Waals surface area (Å²) in [5, 5.41) is 3.37. The number of aldehydes is 1. The highest BCUT2D eigenvalue weighted by Gasteiger charge is 2.26. The molecule has 0 bridgehead atoms. The summed E-state index contributed by atoms with van der Waals surface area (Å²) in [4.78, 5) is 10.6. The van der Waals surface area contributed by atoms with Gasteiger partial charge in [-0.3, -0.25) is 0 Å². The number of nitrogens with one attached hydrogen (secondary N) is 1. The average molecular weight is 196 g/mol. The van der Waals surface area contributed by atoms with E-state index in [4.69, 9.17) is 0 Å². The highest BCUT2D eigenvalue weighted by molar-refractivity contribution is 5.58. The Morgan fingerprint density at radius 2 is 2.29 bits per heavy atom. The van der Waals surface area contributed by atoms with Gasteiger partial charge in [0.05, 0.1) is 6.04 Å². The van der Waals surface area contributed by atoms with Crippen molar-refractivity contribution in [2.24, 2.45) is 11.8 Å². The average Bonchev–Trinajstić information content (AvgIpc) is 2.65. The van der Waals surface area contributed by atoms with Gasteiger partial charge in [0.1, 0.15) is 6.29 Å². The number of carbonyl (C=O) groups excluding carboxylic acids is 1. The Labute approximate surface area is 87.5 Å². The van der Waals surface area contributed by atoms with Crippen molar-refractivity contribution in [2.75, 3.05) is 0 Å². The Hall–Kier alpha value is -0.370. The maximum Gasteiger partial charge on any atom is 0.136 e. The van der Waals surface area contributed by atoms with E-state index in [2.05, 4.69) is 26.1 Å². The zero-order valence-corrected chi connectivity index (χ0v) is 9.33. The molecule has 2 heteroatoms. The van der Waals surface area contributed by atoms with Crippen LogP contribution in [0.4, 0.5) is 0 Å². The Bertz CT molecular complexity index is 181. The van der Waals surface area contributed by atoms with Gasteiger partial charge in [-0.15, -0.1) is 0 Å². The van der Waals surface area contributed by atoms with E-state index < -0.39 is 0 Å². The second kappa shape index (κ2) is 5.50. The smallest absolute Gasteiger partial charge is 0.136 e. The Morgan fingerprint density at radius 1 is 1.57 bits per heavy atom. The molecule has 0 aromatic carbocycles. The molecule has 1 rings (SSSR count). The molecule has 0 aromatic heterocycles. The molecule has 0 aliphatic carbocycles. The van der Waals surface area contributed by atoms with Crippen LogP contribution in [0.15, 0.2) is 0 Å². The van der Waals surface area contributed by atoms with Crippen LogP contribution < -0.4 is 5.32 Å². The monoisotopic (exact) mass is 196 g/mol. The first kappa shape index (κ1) is 11.7. The molecule has 1 heterocycles. The second-order valence-corrected chi connectivity index (χ2v) is 4.58. The molecular formula is C12H22NO-. The van der Waals surface area contributed by atoms with Gasteiger partial charge in [0, 0.05) is 6.04 Å². The molecule has 82 valence electrons. The Kier molecular flexibility index (Phi) is 4.59. The van der Waals surface area contributed by atoms with E-state index in [0.29, 0.717) is 17.9 Å². The van der Waals surface area contributed by atoms with Crippen molar-refractivity contribution in [1.82, 2.24) is 5.32 Å². The third kappa shape index (κ3) is 3.09. The number of rotatable bonds is 5. The van der Waals surface area contributed by atoms with Crippen LogP contribution >= 0.6 is 0 Å². The van der Waals surface area contributed by atoms with Crippen molar-refractivity contribution >= 4 is 6.29 Å². The van der Waals surface area contributed by atoms with Crippen molar-refractivity contribution in [2.45, 2.75) is 51.6 Å². The standard InChI is InChI=1S/C12H22NO/c1-4-9(2)7-10(3)12-6-5-11(8-14)13-12/h8-13H,2,4-7H2,1,3H3/q-1. The molecule has 4 atom stereocenters. The molecule has 2 nitrogen and oxygen atoms in total. The second-order valence-electron chi connectivity index (χ2n) is 4.58. The number of hydrogen-bond donors (Lipinski definition) is 1. The molecule has 1 aliphatic rings. The normalized spacial score (nSPS) is 31.4. The summed E-state index contributed by atoms with van der Waals surface area (Å²) in [6.07, 6.45) is 5.50. The molecule has 0 aromatic rings. The van der Waals surface area contributed by atoms with Crippen LogP contribution in [0.5, 0.6) is 0 Å². The lowest BCUT2D eigenvalue weighted by Crippen LogP contribution is -2.35. The first-order valence-electron chi connectivity index (χ1n) is 5.71. The maximum atomic E-state index is 10.6. The van der Waals surface area contributed by atoms with Crippen molar-refractivity contribution in [3.05, 3.63) is 6.92 Å². The fourth-order valence-corrected chi connectivity index (χ4v) is 2.21. The summed E-state index contributed by atoms with van der Waals surface area (Å²) in [5.41, 5.74) is 0. The summed E-state index contributed by atoms with van der Waals surface area (Å²) in [7, 11) is 0. The van der Waals surface area contributed by atoms with Crippen LogP contribution in [0.25, 0.3) is 0 Å². The Morgan fingerprint density at radius 3 is 2.79 bits per heavy atom. The molecule has 0 saturated carbocycles. The highest BCUT2D eigenvalue weighted by atomic mass is 16.1. The lowest BCUT2D eigenvalue weighted by molar-refractivity contribution is -0.109. The van der Waals surface area contributed by atoms with Crippen LogP contribution in [0, 0.1) is 18.8 Å². The predicted octanol–water partition coefficient (Wildman–Crippen LogP) is 2.19. The highest BCUT2D eigenvalue weighted by Crippen LogP contribution is 2.24. The SMILES string of the molecule is [CH2-]C(CC)CC(C)C1CCC(C=O)N1. The van der Waals surface area contributed by atoms with Gasteiger partial charge in [0.2, 0.25) is 0 Å². The first-order valence-corrected chi connectivity index (χ1v) is 5.71. The van der Waals surface area contributed by atoms with E-state index in [1.165, 1.54) is 6.42 Å². The van der Waals surface area contributed by atoms with Gasteiger partial charge in [-0.05, 0) is 18.8 Å². The van der Waals surface area contributed by atoms with E-state index in [0.717, 1.165) is 25.5 Å². The fourth-order valence-electron chi connectivity index (χ4n) is 2.21. The zero-order valence-electron chi connectivity index (χ0n) is 9.33. The van der Waals surface area contributed by atoms with Gasteiger partial charge in [-0.1, -0.05) is 26.7 Å². The van der Waals surface area contributed by atoms with Gasteiger partial charge < -0.3 is 17.0 Å². The topological polar surface area (TPSA) is 29.1 Å². The van der Waals surface area contributed by atoms with Crippen LogP contribution in [0.3, 0.4) is 0 Å². The lowest BCUT2D eigenvalue weighted by atomic mass is 9.89. The molecule has 0 spiro atoms. The summed E-state index contributed by atoms with van der Waals surface area (Å²) < 4.78 is 0. The third-order valence-corrected chi connectivity index (χ3v) is 3.35. The van der Waals surface area contributed by atoms with Gasteiger partial charge >= 0.3 is 0 Å². The van der Waals surface area contributed by atoms with Crippen molar-refractivity contribution < 1.29 is 4.79 Å². The van der Waals surface area contributed by atoms with E-state index in [1.54, 1.807) is 0 Å². The number of hydrogen-bond acceptors (Lipinski definition) is 2. The van der Waals surface area contributed by atoms with E-state index >= 15 is 0 Å². The summed E-state index contributed by atoms with van der Waals surface area (Å²) in [6, 6.07) is 0.633. The molecule has 14 heavy (non-hydrogen) atoms. The van der Waals surface area contributed by atoms with Crippen molar-refractivity contribution in [3.63, 3.8) is 0 Å². The van der Waals surface area contributed by atoms with Crippen LogP contribution in [-0.4, -0.2) is 18.4 Å². The van der Waals surface area contributed by atoms with E-state index in [-0.39, 0.29) is 6.04 Å². The van der Waals surface area contributed by atoms with E-state index in [9.17, 15) is 4.79 Å². The molecular weight excluding hydrogens is 174 g/mol. The fraction of sp³-hybridized carbons (Fsp3) is 0.833. The lowest BCUT2D eigenvalue weighted by Gasteiger charge is -2.25. The van der Waals surface area contributed by atoms with Crippen molar-refractivity contribution in [1.29, 1.82) is 0 Å². The molecule has 0 amide bonds. The number of carbonyl (C=O) groups is 1. The minimum atomic E-state index is 0.104. The molecule has 0 radical (unpaired) electrons. The van der Waals surface area contributed by atoms with Crippen molar-refractivity contribution in [3.8, 4) is 0 Å². The molecule has 1 fully saturated rings. The van der Waals surface area contributed by atoms with Gasteiger partial charge in [-0.25, -0.2) is 0 Å². The van der Waals surface area contributed by atoms with Gasteiger partial charge in [-0.2, -0.15) is 5.92 Å². The molecule has 1 aliphatic heterocycles. The Balaban J connectivity index is 2.31. The quantitative estimate of drug-likeness (QED) is 0.539. The largest absolute Gasteiger partial charge is 0.340 e. The zero-order chi connectivity index (χ0) is 10.6. The molecule has 1 N–H and O–H groups in total.